The summed E-state index contributed by atoms with van der Waals surface area (Å²) >= 11 is 0. The maximum Gasteiger partial charge on any atom is 0.255 e. The van der Waals surface area contributed by atoms with E-state index in [2.05, 4.69) is 17.1 Å². The van der Waals surface area contributed by atoms with Gasteiger partial charge in [-0.05, 0) is 69.2 Å². The molecule has 0 radical (unpaired) electrons. The highest BCUT2D eigenvalue weighted by molar-refractivity contribution is 6.05. The summed E-state index contributed by atoms with van der Waals surface area (Å²) < 4.78 is 12.4. The van der Waals surface area contributed by atoms with E-state index < -0.39 is 6.04 Å². The van der Waals surface area contributed by atoms with E-state index in [1.54, 1.807) is 4.90 Å². The van der Waals surface area contributed by atoms with E-state index in [0.29, 0.717) is 24.6 Å². The molecule has 3 heterocycles. The van der Waals surface area contributed by atoms with Gasteiger partial charge in [0.1, 0.15) is 17.9 Å². The monoisotopic (exact) mass is 483 g/mol. The average Bonchev–Trinajstić information content (AvgIpc) is 3.00. The van der Waals surface area contributed by atoms with Crippen molar-refractivity contribution < 1.29 is 23.9 Å². The van der Waals surface area contributed by atoms with Crippen LogP contribution in [0.15, 0.2) is 18.2 Å². The molecule has 3 aliphatic heterocycles. The smallest absolute Gasteiger partial charge is 0.255 e. The van der Waals surface area contributed by atoms with Crippen LogP contribution in [0.2, 0.25) is 0 Å². The van der Waals surface area contributed by atoms with Crippen LogP contribution >= 0.6 is 0 Å². The highest BCUT2D eigenvalue weighted by atomic mass is 16.5. The Kier molecular flexibility index (Phi) is 6.86. The Bertz CT molecular complexity index is 987. The first kappa shape index (κ1) is 24.3. The van der Waals surface area contributed by atoms with Gasteiger partial charge in [-0.15, -0.1) is 0 Å². The lowest BCUT2D eigenvalue weighted by molar-refractivity contribution is -0.136. The van der Waals surface area contributed by atoms with Crippen molar-refractivity contribution in [2.45, 2.75) is 95.0 Å². The van der Waals surface area contributed by atoms with Crippen LogP contribution in [0.25, 0.3) is 0 Å². The lowest BCUT2D eigenvalue weighted by Gasteiger charge is -2.43. The molecule has 8 nitrogen and oxygen atoms in total. The number of piperidine rings is 2. The first-order chi connectivity index (χ1) is 16.9. The highest BCUT2D eigenvalue weighted by Crippen LogP contribution is 2.34. The van der Waals surface area contributed by atoms with Gasteiger partial charge in [-0.25, -0.2) is 0 Å². The van der Waals surface area contributed by atoms with E-state index in [9.17, 15) is 14.4 Å². The first-order valence-corrected chi connectivity index (χ1v) is 13.1. The van der Waals surface area contributed by atoms with E-state index in [0.717, 1.165) is 56.5 Å². The largest absolute Gasteiger partial charge is 0.489 e. The number of nitrogens with zero attached hydrogens (tertiary/aromatic N) is 2. The lowest BCUT2D eigenvalue weighted by Crippen LogP contribution is -2.52. The first-order valence-electron chi connectivity index (χ1n) is 13.1. The minimum atomic E-state index is -0.597. The molecule has 2 saturated heterocycles. The van der Waals surface area contributed by atoms with Crippen LogP contribution in [0.3, 0.4) is 0 Å². The van der Waals surface area contributed by atoms with Crippen molar-refractivity contribution in [3.63, 3.8) is 0 Å². The number of imide groups is 1. The van der Waals surface area contributed by atoms with Gasteiger partial charge in [0.15, 0.2) is 0 Å². The van der Waals surface area contributed by atoms with Crippen molar-refractivity contribution >= 4 is 17.7 Å². The van der Waals surface area contributed by atoms with Crippen LogP contribution in [-0.4, -0.2) is 71.5 Å². The predicted octanol–water partition coefficient (Wildman–Crippen LogP) is 3.03. The number of amides is 3. The number of carbonyl (C=O) groups excluding carboxylic acids is 3. The normalized spacial score (nSPS) is 29.5. The second kappa shape index (κ2) is 9.90. The number of hydrogen-bond donors (Lipinski definition) is 1. The molecule has 3 fully saturated rings. The van der Waals surface area contributed by atoms with Crippen molar-refractivity contribution in [3.05, 3.63) is 29.3 Å². The van der Waals surface area contributed by atoms with Gasteiger partial charge in [-0.2, -0.15) is 0 Å². The molecule has 3 amide bonds. The quantitative estimate of drug-likeness (QED) is 0.512. The van der Waals surface area contributed by atoms with Crippen LogP contribution in [0.1, 0.15) is 80.6 Å². The molecule has 4 aliphatic rings. The standard InChI is InChI=1S/C27H37N3O5/c1-27(34-2)12-14-29(15-13-27)21-6-4-3-5-7-23(21)35-19-8-9-20-18(16-19)17-30(26(20)33)22-10-11-24(31)28-25(22)32/h8-9,16,21-23H,3-7,10-15,17H2,1-2H3,(H,28,31,32). The fourth-order valence-corrected chi connectivity index (χ4v) is 6.14. The molecule has 1 N–H and O–H groups in total. The average molecular weight is 484 g/mol. The molecule has 0 spiro atoms. The number of carbonyl (C=O) groups is 3. The van der Waals surface area contributed by atoms with Crippen LogP contribution in [0.4, 0.5) is 0 Å². The fraction of sp³-hybridized carbons (Fsp3) is 0.667. The summed E-state index contributed by atoms with van der Waals surface area (Å²) in [5.41, 5.74) is 1.48. The summed E-state index contributed by atoms with van der Waals surface area (Å²) in [7, 11) is 1.81. The SMILES string of the molecule is COC1(C)CCN(C2CCCCCC2Oc2ccc3c(c2)CN(C2CCC(=O)NC2=O)C3=O)CC1. The number of nitrogens with one attached hydrogen (secondary N) is 1. The van der Waals surface area contributed by atoms with Gasteiger partial charge >= 0.3 is 0 Å². The lowest BCUT2D eigenvalue weighted by atomic mass is 9.91. The summed E-state index contributed by atoms with van der Waals surface area (Å²) in [4.78, 5) is 41.0. The van der Waals surface area contributed by atoms with Crippen molar-refractivity contribution in [1.29, 1.82) is 0 Å². The van der Waals surface area contributed by atoms with Gasteiger partial charge in [0.2, 0.25) is 11.8 Å². The molecule has 1 aromatic carbocycles. The Balaban J connectivity index is 1.28. The Labute approximate surface area is 207 Å². The minimum absolute atomic E-state index is 0.0293. The summed E-state index contributed by atoms with van der Waals surface area (Å²) in [5.74, 6) is -0.0175. The van der Waals surface area contributed by atoms with E-state index in [4.69, 9.17) is 9.47 Å². The van der Waals surface area contributed by atoms with Crippen LogP contribution in [-0.2, 0) is 20.9 Å². The third-order valence-corrected chi connectivity index (χ3v) is 8.52. The molecule has 1 saturated carbocycles. The Morgan fingerprint density at radius 1 is 1.03 bits per heavy atom. The molecule has 3 atom stereocenters. The van der Waals surface area contributed by atoms with E-state index in [1.807, 2.05) is 25.3 Å². The molecule has 3 unspecified atom stereocenters. The van der Waals surface area contributed by atoms with Crippen molar-refractivity contribution in [2.24, 2.45) is 0 Å². The minimum Gasteiger partial charge on any atom is -0.489 e. The molecule has 1 aliphatic carbocycles. The number of hydrogen-bond acceptors (Lipinski definition) is 6. The van der Waals surface area contributed by atoms with Crippen molar-refractivity contribution in [2.75, 3.05) is 20.2 Å². The van der Waals surface area contributed by atoms with Crippen molar-refractivity contribution in [1.82, 2.24) is 15.1 Å². The molecular weight excluding hydrogens is 446 g/mol. The Morgan fingerprint density at radius 2 is 1.80 bits per heavy atom. The van der Waals surface area contributed by atoms with Gasteiger partial charge < -0.3 is 14.4 Å². The Hall–Kier alpha value is -2.45. The van der Waals surface area contributed by atoms with E-state index in [-0.39, 0.29) is 35.8 Å². The molecule has 8 heteroatoms. The fourth-order valence-electron chi connectivity index (χ4n) is 6.14. The number of fused-ring (bicyclic) bond motifs is 1. The molecule has 35 heavy (non-hydrogen) atoms. The van der Waals surface area contributed by atoms with Gasteiger partial charge in [-0.1, -0.05) is 12.8 Å². The maximum atomic E-state index is 13.0. The van der Waals surface area contributed by atoms with Crippen LogP contribution in [0, 0.1) is 0 Å². The zero-order chi connectivity index (χ0) is 24.6. The molecule has 190 valence electrons. The summed E-state index contributed by atoms with van der Waals surface area (Å²) in [6.45, 7) is 4.62. The van der Waals surface area contributed by atoms with Crippen LogP contribution in [0.5, 0.6) is 5.75 Å². The predicted molar refractivity (Wildman–Crippen MR) is 130 cm³/mol. The molecule has 0 bridgehead atoms. The number of ether oxygens (including phenoxy) is 2. The number of benzene rings is 1. The second-order valence-corrected chi connectivity index (χ2v) is 10.8. The molecular formula is C27H37N3O5. The highest BCUT2D eigenvalue weighted by Gasteiger charge is 2.40. The van der Waals surface area contributed by atoms with Gasteiger partial charge in [0.05, 0.1) is 5.60 Å². The van der Waals surface area contributed by atoms with E-state index in [1.165, 1.54) is 12.8 Å². The third-order valence-electron chi connectivity index (χ3n) is 8.52. The summed E-state index contributed by atoms with van der Waals surface area (Å²) in [6, 6.07) is 5.48. The second-order valence-electron chi connectivity index (χ2n) is 10.8. The van der Waals surface area contributed by atoms with Gasteiger partial charge in [0.25, 0.3) is 5.91 Å². The van der Waals surface area contributed by atoms with Gasteiger partial charge in [-0.3, -0.25) is 24.6 Å². The van der Waals surface area contributed by atoms with Crippen LogP contribution < -0.4 is 10.1 Å². The van der Waals surface area contributed by atoms with Gasteiger partial charge in [0, 0.05) is 44.8 Å². The zero-order valence-electron chi connectivity index (χ0n) is 20.9. The molecule has 0 aromatic heterocycles. The van der Waals surface area contributed by atoms with Crippen molar-refractivity contribution in [3.8, 4) is 5.75 Å². The Morgan fingerprint density at radius 3 is 2.54 bits per heavy atom. The topological polar surface area (TPSA) is 88.2 Å². The number of rotatable bonds is 5. The molecule has 5 rings (SSSR count). The summed E-state index contributed by atoms with van der Waals surface area (Å²) in [5, 5.41) is 2.36. The number of methoxy groups -OCH3 is 1. The summed E-state index contributed by atoms with van der Waals surface area (Å²) in [6.07, 6.45) is 8.60. The molecule has 1 aromatic rings. The number of likely N-dealkylation sites (tertiary alicyclic amines) is 1. The zero-order valence-corrected chi connectivity index (χ0v) is 20.9. The maximum absolute atomic E-state index is 13.0. The third kappa shape index (κ3) is 4.96. The van der Waals surface area contributed by atoms with E-state index >= 15 is 0 Å².